The maximum atomic E-state index is 8.83. The zero-order valence-electron chi connectivity index (χ0n) is 7.73. The average molecular weight is 198 g/mol. The molecular formula is C9H14N2OS. The number of rotatable bonds is 3. The van der Waals surface area contributed by atoms with Gasteiger partial charge in [-0.1, -0.05) is 0 Å². The van der Waals surface area contributed by atoms with Gasteiger partial charge in [-0.15, -0.1) is 11.3 Å². The molecule has 0 aromatic carbocycles. The lowest BCUT2D eigenvalue weighted by molar-refractivity contribution is 0.0471. The van der Waals surface area contributed by atoms with E-state index >= 15 is 0 Å². The fourth-order valence-electron chi connectivity index (χ4n) is 1.63. The molecule has 1 saturated heterocycles. The lowest BCUT2D eigenvalue weighted by atomic mass is 10.0. The zero-order chi connectivity index (χ0) is 9.26. The van der Waals surface area contributed by atoms with Crippen LogP contribution in [0.2, 0.25) is 0 Å². The minimum atomic E-state index is 0.326. The highest BCUT2D eigenvalue weighted by atomic mass is 32.1. The summed E-state index contributed by atoms with van der Waals surface area (Å²) in [6.07, 6.45) is 0. The molecule has 2 heterocycles. The molecule has 0 aliphatic carbocycles. The van der Waals surface area contributed by atoms with Gasteiger partial charge in [0.2, 0.25) is 0 Å². The summed E-state index contributed by atoms with van der Waals surface area (Å²) in [6, 6.07) is 0. The molecule has 1 aliphatic heterocycles. The largest absolute Gasteiger partial charge is 0.396 e. The van der Waals surface area contributed by atoms with Gasteiger partial charge in [0.1, 0.15) is 0 Å². The predicted octanol–water partition coefficient (Wildman–Crippen LogP) is 0.876. The number of thiazole rings is 1. The first-order valence-corrected chi connectivity index (χ1v) is 5.40. The molecule has 1 aromatic heterocycles. The van der Waals surface area contributed by atoms with Crippen molar-refractivity contribution in [2.75, 3.05) is 19.7 Å². The van der Waals surface area contributed by atoms with Gasteiger partial charge < -0.3 is 5.11 Å². The van der Waals surface area contributed by atoms with Gasteiger partial charge in [0.15, 0.2) is 0 Å². The molecule has 0 radical (unpaired) electrons. The highest BCUT2D eigenvalue weighted by Crippen LogP contribution is 2.18. The van der Waals surface area contributed by atoms with Crippen LogP contribution in [0.15, 0.2) is 5.38 Å². The Hall–Kier alpha value is -0.450. The van der Waals surface area contributed by atoms with E-state index in [2.05, 4.69) is 15.3 Å². The topological polar surface area (TPSA) is 36.4 Å². The molecule has 0 bridgehead atoms. The van der Waals surface area contributed by atoms with Gasteiger partial charge in [-0.3, -0.25) is 4.90 Å². The summed E-state index contributed by atoms with van der Waals surface area (Å²) in [5, 5.41) is 12.1. The quantitative estimate of drug-likeness (QED) is 0.783. The van der Waals surface area contributed by atoms with Crippen LogP contribution >= 0.6 is 11.3 Å². The van der Waals surface area contributed by atoms with Crippen LogP contribution in [-0.2, 0) is 6.54 Å². The number of aliphatic hydroxyl groups is 1. The Balaban J connectivity index is 1.81. The Morgan fingerprint density at radius 3 is 3.00 bits per heavy atom. The van der Waals surface area contributed by atoms with Crippen molar-refractivity contribution < 1.29 is 5.11 Å². The van der Waals surface area contributed by atoms with Crippen molar-refractivity contribution in [3.63, 3.8) is 0 Å². The van der Waals surface area contributed by atoms with Crippen LogP contribution in [0.4, 0.5) is 0 Å². The minimum Gasteiger partial charge on any atom is -0.396 e. The molecule has 1 fully saturated rings. The minimum absolute atomic E-state index is 0.326. The van der Waals surface area contributed by atoms with E-state index in [1.54, 1.807) is 11.3 Å². The van der Waals surface area contributed by atoms with E-state index in [1.165, 1.54) is 5.69 Å². The fourth-order valence-corrected chi connectivity index (χ4v) is 2.24. The molecule has 0 saturated carbocycles. The fraction of sp³-hybridized carbons (Fsp3) is 0.667. The highest BCUT2D eigenvalue weighted by molar-refractivity contribution is 7.09. The van der Waals surface area contributed by atoms with Crippen molar-refractivity contribution in [1.29, 1.82) is 0 Å². The van der Waals surface area contributed by atoms with E-state index in [9.17, 15) is 0 Å². The first-order chi connectivity index (χ1) is 6.28. The van der Waals surface area contributed by atoms with E-state index in [4.69, 9.17) is 5.11 Å². The second kappa shape index (κ2) is 3.74. The Morgan fingerprint density at radius 2 is 2.46 bits per heavy atom. The summed E-state index contributed by atoms with van der Waals surface area (Å²) in [7, 11) is 0. The highest BCUT2D eigenvalue weighted by Gasteiger charge is 2.25. The molecule has 13 heavy (non-hydrogen) atoms. The number of hydrogen-bond donors (Lipinski definition) is 1. The normalized spacial score (nSPS) is 18.9. The molecule has 0 amide bonds. The van der Waals surface area contributed by atoms with Gasteiger partial charge in [0, 0.05) is 37.5 Å². The standard InChI is InChI=1S/C9H14N2OS/c1-7-10-9(6-13-7)4-11-2-8(3-11)5-12/h6,8,12H,2-5H2,1H3. The summed E-state index contributed by atoms with van der Waals surface area (Å²) >= 11 is 1.70. The molecule has 3 nitrogen and oxygen atoms in total. The first kappa shape index (κ1) is 9.12. The van der Waals surface area contributed by atoms with Crippen molar-refractivity contribution >= 4 is 11.3 Å². The SMILES string of the molecule is Cc1nc(CN2CC(CO)C2)cs1. The Morgan fingerprint density at radius 1 is 1.69 bits per heavy atom. The molecule has 1 aliphatic rings. The molecule has 72 valence electrons. The predicted molar refractivity (Wildman–Crippen MR) is 52.7 cm³/mol. The molecule has 1 N–H and O–H groups in total. The van der Waals surface area contributed by atoms with Crippen LogP contribution in [-0.4, -0.2) is 34.7 Å². The van der Waals surface area contributed by atoms with Crippen LogP contribution in [0.3, 0.4) is 0 Å². The summed E-state index contributed by atoms with van der Waals surface area (Å²) < 4.78 is 0. The maximum absolute atomic E-state index is 8.83. The van der Waals surface area contributed by atoms with Gasteiger partial charge >= 0.3 is 0 Å². The maximum Gasteiger partial charge on any atom is 0.0897 e. The van der Waals surface area contributed by atoms with Crippen LogP contribution in [0.25, 0.3) is 0 Å². The van der Waals surface area contributed by atoms with Gasteiger partial charge in [0.25, 0.3) is 0 Å². The van der Waals surface area contributed by atoms with E-state index in [1.807, 2.05) is 6.92 Å². The van der Waals surface area contributed by atoms with Crippen molar-refractivity contribution in [2.45, 2.75) is 13.5 Å². The smallest absolute Gasteiger partial charge is 0.0897 e. The number of aromatic nitrogens is 1. The van der Waals surface area contributed by atoms with E-state index in [0.29, 0.717) is 12.5 Å². The van der Waals surface area contributed by atoms with Crippen molar-refractivity contribution in [2.24, 2.45) is 5.92 Å². The third-order valence-electron chi connectivity index (χ3n) is 2.34. The van der Waals surface area contributed by atoms with Crippen molar-refractivity contribution in [1.82, 2.24) is 9.88 Å². The van der Waals surface area contributed by atoms with E-state index in [0.717, 1.165) is 24.6 Å². The summed E-state index contributed by atoms with van der Waals surface area (Å²) in [5.41, 5.74) is 1.17. The van der Waals surface area contributed by atoms with Gasteiger partial charge in [-0.25, -0.2) is 4.98 Å². The molecule has 1 aromatic rings. The Bertz CT molecular complexity index is 281. The number of hydrogen-bond acceptors (Lipinski definition) is 4. The molecule has 2 rings (SSSR count). The second-order valence-corrected chi connectivity index (χ2v) is 4.66. The average Bonchev–Trinajstić information content (AvgIpc) is 2.43. The van der Waals surface area contributed by atoms with Crippen molar-refractivity contribution in [3.8, 4) is 0 Å². The summed E-state index contributed by atoms with van der Waals surface area (Å²) in [4.78, 5) is 6.71. The van der Waals surface area contributed by atoms with Gasteiger partial charge in [-0.2, -0.15) is 0 Å². The van der Waals surface area contributed by atoms with Crippen LogP contribution in [0.5, 0.6) is 0 Å². The van der Waals surface area contributed by atoms with Gasteiger partial charge in [-0.05, 0) is 6.92 Å². The van der Waals surface area contributed by atoms with Crippen molar-refractivity contribution in [3.05, 3.63) is 16.1 Å². The number of nitrogens with zero attached hydrogens (tertiary/aromatic N) is 2. The van der Waals surface area contributed by atoms with Gasteiger partial charge in [0.05, 0.1) is 10.7 Å². The lowest BCUT2D eigenvalue weighted by Gasteiger charge is -2.37. The molecule has 0 atom stereocenters. The molecule has 0 spiro atoms. The second-order valence-electron chi connectivity index (χ2n) is 3.60. The van der Waals surface area contributed by atoms with E-state index in [-0.39, 0.29) is 0 Å². The number of aliphatic hydroxyl groups excluding tert-OH is 1. The number of aryl methyl sites for hydroxylation is 1. The van der Waals surface area contributed by atoms with E-state index < -0.39 is 0 Å². The van der Waals surface area contributed by atoms with Crippen LogP contribution < -0.4 is 0 Å². The summed E-state index contributed by atoms with van der Waals surface area (Å²) in [6.45, 7) is 5.34. The number of likely N-dealkylation sites (tertiary alicyclic amines) is 1. The molecular weight excluding hydrogens is 184 g/mol. The molecule has 4 heteroatoms. The third kappa shape index (κ3) is 2.07. The first-order valence-electron chi connectivity index (χ1n) is 4.52. The molecule has 0 unspecified atom stereocenters. The Labute approximate surface area is 82.0 Å². The zero-order valence-corrected chi connectivity index (χ0v) is 8.55. The summed E-state index contributed by atoms with van der Waals surface area (Å²) in [5.74, 6) is 0.500. The lowest BCUT2D eigenvalue weighted by Crippen LogP contribution is -2.47. The third-order valence-corrected chi connectivity index (χ3v) is 3.17. The van der Waals surface area contributed by atoms with Crippen LogP contribution in [0, 0.1) is 12.8 Å². The van der Waals surface area contributed by atoms with Crippen LogP contribution in [0.1, 0.15) is 10.7 Å². The monoisotopic (exact) mass is 198 g/mol. The Kier molecular flexibility index (Phi) is 2.62.